The molecule has 0 radical (unpaired) electrons. The fraction of sp³-hybridized carbons (Fsp3) is 0.118. The number of aliphatic hydroxyl groups is 1. The molecule has 0 fully saturated rings. The molecule has 1 atom stereocenters. The molecule has 106 valence electrons. The van der Waals surface area contributed by atoms with Crippen molar-refractivity contribution in [1.82, 2.24) is 4.98 Å². The number of aliphatic hydroxyl groups excluding tert-OH is 1. The summed E-state index contributed by atoms with van der Waals surface area (Å²) in [7, 11) is 0. The number of hydrogen-bond acceptors (Lipinski definition) is 3. The molecule has 1 heterocycles. The maximum absolute atomic E-state index is 13.7. The van der Waals surface area contributed by atoms with Gasteiger partial charge in [0.25, 0.3) is 0 Å². The summed E-state index contributed by atoms with van der Waals surface area (Å²) in [4.78, 5) is 4.26. The monoisotopic (exact) mass is 282 g/mol. The average molecular weight is 282 g/mol. The van der Waals surface area contributed by atoms with E-state index in [1.54, 1.807) is 24.4 Å². The van der Waals surface area contributed by atoms with Crippen LogP contribution < -0.4 is 5.32 Å². The van der Waals surface area contributed by atoms with Crippen LogP contribution in [0.5, 0.6) is 0 Å². The Morgan fingerprint density at radius 3 is 2.76 bits per heavy atom. The number of rotatable bonds is 4. The van der Waals surface area contributed by atoms with E-state index < -0.39 is 0 Å². The number of nitrogens with one attached hydrogen (secondary N) is 1. The van der Waals surface area contributed by atoms with Crippen molar-refractivity contribution in [3.63, 3.8) is 0 Å². The van der Waals surface area contributed by atoms with Crippen molar-refractivity contribution < 1.29 is 9.50 Å². The molecule has 0 saturated heterocycles. The molecule has 2 N–H and O–H groups in total. The van der Waals surface area contributed by atoms with Gasteiger partial charge in [0.05, 0.1) is 23.9 Å². The molecule has 0 spiro atoms. The fourth-order valence-electron chi connectivity index (χ4n) is 2.31. The van der Waals surface area contributed by atoms with Gasteiger partial charge in [-0.2, -0.15) is 0 Å². The van der Waals surface area contributed by atoms with E-state index in [1.165, 1.54) is 6.07 Å². The van der Waals surface area contributed by atoms with Gasteiger partial charge in [0.1, 0.15) is 5.82 Å². The molecule has 1 aromatic heterocycles. The summed E-state index contributed by atoms with van der Waals surface area (Å²) in [5.74, 6) is -0.335. The van der Waals surface area contributed by atoms with E-state index in [1.807, 2.05) is 30.3 Å². The Kier molecular flexibility index (Phi) is 3.79. The highest BCUT2D eigenvalue weighted by molar-refractivity contribution is 5.79. The van der Waals surface area contributed by atoms with Crippen LogP contribution in [0, 0.1) is 5.82 Å². The van der Waals surface area contributed by atoms with Gasteiger partial charge in [-0.1, -0.05) is 24.3 Å². The molecule has 3 nitrogen and oxygen atoms in total. The van der Waals surface area contributed by atoms with Crippen LogP contribution in [-0.2, 0) is 0 Å². The highest BCUT2D eigenvalue weighted by atomic mass is 19.1. The smallest absolute Gasteiger partial charge is 0.146 e. The standard InChI is InChI=1S/C17H15FN2O/c18-14-5-1-2-6-16(14)20-17(11-21)13-7-8-15-12(10-13)4-3-9-19-15/h1-10,17,20-21H,11H2. The lowest BCUT2D eigenvalue weighted by molar-refractivity contribution is 0.276. The molecule has 0 aliphatic carbocycles. The Hall–Kier alpha value is -2.46. The highest BCUT2D eigenvalue weighted by Gasteiger charge is 2.12. The van der Waals surface area contributed by atoms with Gasteiger partial charge in [0, 0.05) is 11.6 Å². The molecule has 2 aromatic carbocycles. The minimum Gasteiger partial charge on any atom is -0.394 e. The summed E-state index contributed by atoms with van der Waals surface area (Å²) in [6.07, 6.45) is 1.74. The summed E-state index contributed by atoms with van der Waals surface area (Å²) < 4.78 is 13.7. The van der Waals surface area contributed by atoms with Gasteiger partial charge in [-0.25, -0.2) is 4.39 Å². The van der Waals surface area contributed by atoms with Gasteiger partial charge in [0.15, 0.2) is 0 Å². The Bertz CT molecular complexity index is 760. The van der Waals surface area contributed by atoms with E-state index in [2.05, 4.69) is 10.3 Å². The third-order valence-electron chi connectivity index (χ3n) is 3.42. The van der Waals surface area contributed by atoms with Gasteiger partial charge in [-0.05, 0) is 35.9 Å². The zero-order chi connectivity index (χ0) is 14.7. The van der Waals surface area contributed by atoms with Crippen LogP contribution >= 0.6 is 0 Å². The first kappa shape index (κ1) is 13.5. The SMILES string of the molecule is OCC(Nc1ccccc1F)c1ccc2ncccc2c1. The van der Waals surface area contributed by atoms with E-state index in [-0.39, 0.29) is 18.5 Å². The first-order valence-corrected chi connectivity index (χ1v) is 6.74. The average Bonchev–Trinajstić information content (AvgIpc) is 2.54. The van der Waals surface area contributed by atoms with Crippen molar-refractivity contribution in [2.24, 2.45) is 0 Å². The Balaban J connectivity index is 1.93. The maximum Gasteiger partial charge on any atom is 0.146 e. The lowest BCUT2D eigenvalue weighted by Crippen LogP contribution is -2.15. The Morgan fingerprint density at radius 2 is 1.95 bits per heavy atom. The molecule has 21 heavy (non-hydrogen) atoms. The fourth-order valence-corrected chi connectivity index (χ4v) is 2.31. The summed E-state index contributed by atoms with van der Waals surface area (Å²) in [6.45, 7) is -0.125. The zero-order valence-electron chi connectivity index (χ0n) is 11.3. The second kappa shape index (κ2) is 5.89. The summed E-state index contributed by atoms with van der Waals surface area (Å²) in [5.41, 5.74) is 2.16. The molecule has 0 aliphatic heterocycles. The van der Waals surface area contributed by atoms with Crippen molar-refractivity contribution in [1.29, 1.82) is 0 Å². The summed E-state index contributed by atoms with van der Waals surface area (Å²) in [6, 6.07) is 15.6. The van der Waals surface area contributed by atoms with Crippen LogP contribution in [0.2, 0.25) is 0 Å². The predicted octanol–water partition coefficient (Wildman–Crippen LogP) is 3.52. The summed E-state index contributed by atoms with van der Waals surface area (Å²) >= 11 is 0. The van der Waals surface area contributed by atoms with Crippen LogP contribution in [-0.4, -0.2) is 16.7 Å². The molecule has 0 saturated carbocycles. The Morgan fingerprint density at radius 1 is 1.10 bits per heavy atom. The molecular weight excluding hydrogens is 267 g/mol. The van der Waals surface area contributed by atoms with Crippen LogP contribution in [0.4, 0.5) is 10.1 Å². The van der Waals surface area contributed by atoms with Crippen LogP contribution in [0.1, 0.15) is 11.6 Å². The lowest BCUT2D eigenvalue weighted by Gasteiger charge is -2.19. The zero-order valence-corrected chi connectivity index (χ0v) is 11.3. The first-order chi connectivity index (χ1) is 10.3. The second-order valence-electron chi connectivity index (χ2n) is 4.81. The summed E-state index contributed by atoms with van der Waals surface area (Å²) in [5, 5.41) is 13.6. The van der Waals surface area contributed by atoms with Crippen LogP contribution in [0.3, 0.4) is 0 Å². The minimum absolute atomic E-state index is 0.125. The molecule has 1 unspecified atom stereocenters. The van der Waals surface area contributed by atoms with Crippen molar-refractivity contribution in [2.75, 3.05) is 11.9 Å². The number of fused-ring (bicyclic) bond motifs is 1. The van der Waals surface area contributed by atoms with Crippen molar-refractivity contribution in [3.05, 3.63) is 72.2 Å². The molecule has 0 bridgehead atoms. The van der Waals surface area contributed by atoms with Gasteiger partial charge < -0.3 is 10.4 Å². The maximum atomic E-state index is 13.7. The number of halogens is 1. The van der Waals surface area contributed by atoms with Crippen molar-refractivity contribution in [2.45, 2.75) is 6.04 Å². The molecule has 4 heteroatoms. The van der Waals surface area contributed by atoms with Gasteiger partial charge in [-0.3, -0.25) is 4.98 Å². The van der Waals surface area contributed by atoms with E-state index >= 15 is 0 Å². The minimum atomic E-state index is -0.369. The van der Waals surface area contributed by atoms with Gasteiger partial charge >= 0.3 is 0 Å². The number of nitrogens with zero attached hydrogens (tertiary/aromatic N) is 1. The number of anilines is 1. The molecule has 3 rings (SSSR count). The molecule has 3 aromatic rings. The lowest BCUT2D eigenvalue weighted by atomic mass is 10.0. The topological polar surface area (TPSA) is 45.1 Å². The van der Waals surface area contributed by atoms with Crippen molar-refractivity contribution in [3.8, 4) is 0 Å². The van der Waals surface area contributed by atoms with Crippen molar-refractivity contribution >= 4 is 16.6 Å². The van der Waals surface area contributed by atoms with Crippen LogP contribution in [0.25, 0.3) is 10.9 Å². The molecule has 0 aliphatic rings. The van der Waals surface area contributed by atoms with E-state index in [0.29, 0.717) is 5.69 Å². The largest absolute Gasteiger partial charge is 0.394 e. The van der Waals surface area contributed by atoms with Crippen LogP contribution in [0.15, 0.2) is 60.8 Å². The number of para-hydroxylation sites is 1. The number of pyridine rings is 1. The number of benzene rings is 2. The first-order valence-electron chi connectivity index (χ1n) is 6.74. The molecular formula is C17H15FN2O. The third kappa shape index (κ3) is 2.85. The highest BCUT2D eigenvalue weighted by Crippen LogP contribution is 2.24. The molecule has 0 amide bonds. The quantitative estimate of drug-likeness (QED) is 0.769. The number of hydrogen-bond donors (Lipinski definition) is 2. The second-order valence-corrected chi connectivity index (χ2v) is 4.81. The van der Waals surface area contributed by atoms with E-state index in [9.17, 15) is 9.50 Å². The van der Waals surface area contributed by atoms with E-state index in [0.717, 1.165) is 16.5 Å². The predicted molar refractivity (Wildman–Crippen MR) is 81.6 cm³/mol. The van der Waals surface area contributed by atoms with Gasteiger partial charge in [-0.15, -0.1) is 0 Å². The van der Waals surface area contributed by atoms with Gasteiger partial charge in [0.2, 0.25) is 0 Å². The Labute approximate surface area is 122 Å². The third-order valence-corrected chi connectivity index (χ3v) is 3.42. The normalized spacial score (nSPS) is 12.3. The number of aromatic nitrogens is 1. The van der Waals surface area contributed by atoms with E-state index in [4.69, 9.17) is 0 Å².